The zero-order chi connectivity index (χ0) is 16.1. The first kappa shape index (κ1) is 16.4. The Bertz CT molecular complexity index is 634. The smallest absolute Gasteiger partial charge is 0.268 e. The maximum atomic E-state index is 12.3. The maximum absolute atomic E-state index is 12.3. The highest BCUT2D eigenvalue weighted by Crippen LogP contribution is 2.21. The average Bonchev–Trinajstić information content (AvgIpc) is 2.89. The molecule has 0 spiro atoms. The molecule has 0 bridgehead atoms. The highest BCUT2D eigenvalue weighted by Gasteiger charge is 2.16. The number of carbonyl (C=O) groups is 1. The number of aromatic nitrogens is 1. The van der Waals surface area contributed by atoms with Gasteiger partial charge in [0.1, 0.15) is 11.4 Å². The van der Waals surface area contributed by atoms with Crippen molar-refractivity contribution in [2.75, 3.05) is 13.2 Å². The van der Waals surface area contributed by atoms with Crippen LogP contribution < -0.4 is 10.1 Å². The van der Waals surface area contributed by atoms with E-state index in [0.717, 1.165) is 23.1 Å². The van der Waals surface area contributed by atoms with E-state index in [0.29, 0.717) is 18.2 Å². The van der Waals surface area contributed by atoms with Gasteiger partial charge in [0.15, 0.2) is 0 Å². The van der Waals surface area contributed by atoms with Crippen LogP contribution in [0.1, 0.15) is 37.7 Å². The second-order valence-electron chi connectivity index (χ2n) is 5.85. The van der Waals surface area contributed by atoms with Crippen molar-refractivity contribution >= 4 is 16.8 Å². The Hall–Kier alpha value is -2.01. The van der Waals surface area contributed by atoms with Crippen molar-refractivity contribution < 1.29 is 14.6 Å². The molecule has 22 heavy (non-hydrogen) atoms. The second kappa shape index (κ2) is 7.31. The van der Waals surface area contributed by atoms with Crippen LogP contribution in [0.5, 0.6) is 5.75 Å². The number of carbonyl (C=O) groups excluding carboxylic acids is 1. The summed E-state index contributed by atoms with van der Waals surface area (Å²) in [5, 5.41) is 13.2. The lowest BCUT2D eigenvalue weighted by atomic mass is 10.0. The van der Waals surface area contributed by atoms with Crippen molar-refractivity contribution in [1.29, 1.82) is 0 Å². The molecule has 2 aromatic rings. The van der Waals surface area contributed by atoms with Crippen LogP contribution in [0.3, 0.4) is 0 Å². The van der Waals surface area contributed by atoms with Gasteiger partial charge in [0, 0.05) is 17.0 Å². The topological polar surface area (TPSA) is 74.3 Å². The van der Waals surface area contributed by atoms with Crippen molar-refractivity contribution in [3.05, 3.63) is 30.0 Å². The van der Waals surface area contributed by atoms with Gasteiger partial charge in [-0.15, -0.1) is 0 Å². The number of aromatic amines is 1. The van der Waals surface area contributed by atoms with E-state index in [1.165, 1.54) is 0 Å². The zero-order valence-electron chi connectivity index (χ0n) is 13.3. The molecule has 1 aromatic heterocycles. The molecule has 0 radical (unpaired) electrons. The average molecular weight is 304 g/mol. The van der Waals surface area contributed by atoms with Crippen LogP contribution in [0.15, 0.2) is 24.3 Å². The summed E-state index contributed by atoms with van der Waals surface area (Å²) in [7, 11) is 0. The number of H-pyrrole nitrogens is 1. The third-order valence-corrected chi connectivity index (χ3v) is 3.46. The van der Waals surface area contributed by atoms with Crippen molar-refractivity contribution in [2.24, 2.45) is 5.92 Å². The first-order valence-electron chi connectivity index (χ1n) is 7.70. The first-order chi connectivity index (χ1) is 10.5. The van der Waals surface area contributed by atoms with E-state index in [9.17, 15) is 9.90 Å². The molecule has 3 N–H and O–H groups in total. The monoisotopic (exact) mass is 304 g/mol. The highest BCUT2D eigenvalue weighted by atomic mass is 16.5. The molecule has 0 aliphatic carbocycles. The SMILES string of the molecule is CCOc1ccc2cc(C(=O)NC(CO)CC(C)C)[nH]c2c1. The number of aliphatic hydroxyl groups is 1. The normalized spacial score (nSPS) is 12.6. The van der Waals surface area contributed by atoms with E-state index in [1.54, 1.807) is 0 Å². The van der Waals surface area contributed by atoms with Gasteiger partial charge < -0.3 is 20.1 Å². The molecule has 1 unspecified atom stereocenters. The molecule has 0 aliphatic heterocycles. The first-order valence-corrected chi connectivity index (χ1v) is 7.70. The van der Waals surface area contributed by atoms with E-state index >= 15 is 0 Å². The Labute approximate surface area is 130 Å². The van der Waals surface area contributed by atoms with Gasteiger partial charge in [-0.3, -0.25) is 4.79 Å². The molecule has 0 saturated carbocycles. The lowest BCUT2D eigenvalue weighted by molar-refractivity contribution is 0.0904. The van der Waals surface area contributed by atoms with Gasteiger partial charge in [-0.05, 0) is 37.5 Å². The molecular formula is C17H24N2O3. The molecule has 5 heteroatoms. The quantitative estimate of drug-likeness (QED) is 0.736. The van der Waals surface area contributed by atoms with E-state index < -0.39 is 0 Å². The predicted octanol–water partition coefficient (Wildman–Crippen LogP) is 2.70. The predicted molar refractivity (Wildman–Crippen MR) is 87.3 cm³/mol. The Morgan fingerprint density at radius 2 is 2.14 bits per heavy atom. The van der Waals surface area contributed by atoms with Crippen LogP contribution in [0, 0.1) is 5.92 Å². The van der Waals surface area contributed by atoms with Crippen LogP contribution in [-0.2, 0) is 0 Å². The van der Waals surface area contributed by atoms with Gasteiger partial charge in [0.05, 0.1) is 19.3 Å². The Balaban J connectivity index is 2.14. The number of hydrogen-bond acceptors (Lipinski definition) is 3. The molecule has 120 valence electrons. The minimum atomic E-state index is -0.224. The summed E-state index contributed by atoms with van der Waals surface area (Å²) in [6.07, 6.45) is 0.747. The minimum absolute atomic E-state index is 0.0569. The number of ether oxygens (including phenoxy) is 1. The number of amides is 1. The summed E-state index contributed by atoms with van der Waals surface area (Å²) < 4.78 is 5.46. The third kappa shape index (κ3) is 4.01. The molecule has 2 rings (SSSR count). The van der Waals surface area contributed by atoms with Crippen molar-refractivity contribution in [3.63, 3.8) is 0 Å². The molecule has 5 nitrogen and oxygen atoms in total. The van der Waals surface area contributed by atoms with E-state index in [-0.39, 0.29) is 18.6 Å². The number of rotatable bonds is 7. The van der Waals surface area contributed by atoms with Crippen LogP contribution in [-0.4, -0.2) is 35.3 Å². The molecule has 1 atom stereocenters. The summed E-state index contributed by atoms with van der Waals surface area (Å²) in [5.41, 5.74) is 1.35. The Morgan fingerprint density at radius 3 is 2.77 bits per heavy atom. The fourth-order valence-corrected chi connectivity index (χ4v) is 2.50. The summed E-state index contributed by atoms with van der Waals surface area (Å²) in [5.74, 6) is 0.986. The second-order valence-corrected chi connectivity index (χ2v) is 5.85. The summed E-state index contributed by atoms with van der Waals surface area (Å²) in [4.78, 5) is 15.4. The largest absolute Gasteiger partial charge is 0.494 e. The Kier molecular flexibility index (Phi) is 5.44. The van der Waals surface area contributed by atoms with Crippen LogP contribution in [0.2, 0.25) is 0 Å². The van der Waals surface area contributed by atoms with Crippen molar-refractivity contribution in [3.8, 4) is 5.75 Å². The van der Waals surface area contributed by atoms with Gasteiger partial charge in [-0.2, -0.15) is 0 Å². The van der Waals surface area contributed by atoms with Crippen molar-refractivity contribution in [2.45, 2.75) is 33.2 Å². The standard InChI is InChI=1S/C17H24N2O3/c1-4-22-14-6-5-12-8-16(19-15(12)9-14)17(21)18-13(10-20)7-11(2)3/h5-6,8-9,11,13,19-20H,4,7,10H2,1-3H3,(H,18,21). The Morgan fingerprint density at radius 1 is 1.36 bits per heavy atom. The number of benzene rings is 1. The fraction of sp³-hybridized carbons (Fsp3) is 0.471. The molecule has 1 aromatic carbocycles. The molecule has 0 saturated heterocycles. The van der Waals surface area contributed by atoms with Gasteiger partial charge in [-0.1, -0.05) is 13.8 Å². The molecule has 0 fully saturated rings. The highest BCUT2D eigenvalue weighted by molar-refractivity contribution is 5.98. The van der Waals surface area contributed by atoms with E-state index in [1.807, 2.05) is 31.2 Å². The summed E-state index contributed by atoms with van der Waals surface area (Å²) >= 11 is 0. The molecule has 1 heterocycles. The number of aliphatic hydroxyl groups excluding tert-OH is 1. The van der Waals surface area contributed by atoms with Gasteiger partial charge in [0.25, 0.3) is 5.91 Å². The lowest BCUT2D eigenvalue weighted by Crippen LogP contribution is -2.38. The molecule has 0 aliphatic rings. The summed E-state index contributed by atoms with van der Waals surface area (Å²) in [6.45, 7) is 6.60. The molecular weight excluding hydrogens is 280 g/mol. The van der Waals surface area contributed by atoms with Gasteiger partial charge in [0.2, 0.25) is 0 Å². The van der Waals surface area contributed by atoms with Crippen LogP contribution in [0.25, 0.3) is 10.9 Å². The minimum Gasteiger partial charge on any atom is -0.494 e. The number of nitrogens with one attached hydrogen (secondary N) is 2. The molecule has 1 amide bonds. The number of fused-ring (bicyclic) bond motifs is 1. The van der Waals surface area contributed by atoms with Crippen LogP contribution in [0.4, 0.5) is 0 Å². The third-order valence-electron chi connectivity index (χ3n) is 3.46. The number of hydrogen-bond donors (Lipinski definition) is 3. The zero-order valence-corrected chi connectivity index (χ0v) is 13.3. The van der Waals surface area contributed by atoms with Crippen LogP contribution >= 0.6 is 0 Å². The van der Waals surface area contributed by atoms with Gasteiger partial charge in [-0.25, -0.2) is 0 Å². The fourth-order valence-electron chi connectivity index (χ4n) is 2.50. The van der Waals surface area contributed by atoms with Gasteiger partial charge >= 0.3 is 0 Å². The van der Waals surface area contributed by atoms with E-state index in [2.05, 4.69) is 24.1 Å². The van der Waals surface area contributed by atoms with Crippen molar-refractivity contribution in [1.82, 2.24) is 10.3 Å². The summed E-state index contributed by atoms with van der Waals surface area (Å²) in [6, 6.07) is 7.28. The lowest BCUT2D eigenvalue weighted by Gasteiger charge is -2.17. The maximum Gasteiger partial charge on any atom is 0.268 e. The van der Waals surface area contributed by atoms with E-state index in [4.69, 9.17) is 4.74 Å².